The lowest BCUT2D eigenvalue weighted by Crippen LogP contribution is -2.20. The average molecular weight is 432 g/mol. The van der Waals surface area contributed by atoms with Crippen LogP contribution in [0.15, 0.2) is 60.9 Å². The fourth-order valence-electron chi connectivity index (χ4n) is 4.41. The van der Waals surface area contributed by atoms with Crippen molar-refractivity contribution in [2.45, 2.75) is 31.8 Å². The molecule has 1 aromatic heterocycles. The normalized spacial score (nSPS) is 15.1. The minimum absolute atomic E-state index is 0.254. The second-order valence-electron chi connectivity index (χ2n) is 8.24. The predicted molar refractivity (Wildman–Crippen MR) is 127 cm³/mol. The highest BCUT2D eigenvalue weighted by molar-refractivity contribution is 5.93. The lowest BCUT2D eigenvalue weighted by atomic mass is 9.82. The number of benzene rings is 2. The Morgan fingerprint density at radius 3 is 2.72 bits per heavy atom. The van der Waals surface area contributed by atoms with Crippen molar-refractivity contribution in [1.29, 1.82) is 0 Å². The molecule has 0 spiro atoms. The molecule has 0 unspecified atom stereocenters. The van der Waals surface area contributed by atoms with E-state index in [0.717, 1.165) is 36.2 Å². The van der Waals surface area contributed by atoms with Crippen LogP contribution in [0.2, 0.25) is 0 Å². The molecule has 1 aliphatic carbocycles. The summed E-state index contributed by atoms with van der Waals surface area (Å²) in [5.41, 5.74) is 6.99. The fourth-order valence-corrected chi connectivity index (χ4v) is 4.41. The highest BCUT2D eigenvalue weighted by Gasteiger charge is 2.22. The smallest absolute Gasteiger partial charge is 0.337 e. The largest absolute Gasteiger partial charge is 0.478 e. The van der Waals surface area contributed by atoms with E-state index in [0.29, 0.717) is 24.8 Å². The number of carbonyl (C=O) groups is 1. The van der Waals surface area contributed by atoms with Gasteiger partial charge in [0.15, 0.2) is 0 Å². The van der Waals surface area contributed by atoms with Crippen molar-refractivity contribution in [1.82, 2.24) is 4.98 Å². The molecule has 1 atom stereocenters. The molecule has 4 rings (SSSR count). The number of nitrogens with one attached hydrogen (secondary N) is 1. The summed E-state index contributed by atoms with van der Waals surface area (Å²) in [5.74, 6) is -0.602. The van der Waals surface area contributed by atoms with Gasteiger partial charge in [-0.3, -0.25) is 4.98 Å². The van der Waals surface area contributed by atoms with Gasteiger partial charge >= 0.3 is 5.97 Å². The molecule has 1 aliphatic rings. The van der Waals surface area contributed by atoms with Crippen molar-refractivity contribution in [2.24, 2.45) is 0 Å². The third-order valence-corrected chi connectivity index (χ3v) is 6.18. The van der Waals surface area contributed by atoms with Crippen molar-refractivity contribution in [3.63, 3.8) is 0 Å². The minimum atomic E-state index is -0.943. The summed E-state index contributed by atoms with van der Waals surface area (Å²) in [6, 6.07) is 16.7. The zero-order chi connectivity index (χ0) is 22.5. The standard InChI is InChI=1S/C26H29N3O3/c1-29(21-8-6-18(7-9-21)17-32-2)22-10-11-23-19(14-22)4-3-5-20(23)15-28-25-16-27-13-12-24(25)26(30)31/h6-14,16,20,28H,3-5,15,17H2,1-2H3,(H,30,31)/t20-/m0/s1. The molecule has 2 N–H and O–H groups in total. The molecule has 6 nitrogen and oxygen atoms in total. The van der Waals surface area contributed by atoms with Crippen LogP contribution < -0.4 is 10.2 Å². The van der Waals surface area contributed by atoms with Crippen molar-refractivity contribution >= 4 is 23.0 Å². The summed E-state index contributed by atoms with van der Waals surface area (Å²) in [7, 11) is 3.79. The Kier molecular flexibility index (Phi) is 6.71. The first-order valence-electron chi connectivity index (χ1n) is 10.9. The van der Waals surface area contributed by atoms with Gasteiger partial charge in [-0.2, -0.15) is 0 Å². The number of aromatic nitrogens is 1. The third-order valence-electron chi connectivity index (χ3n) is 6.18. The number of rotatable bonds is 8. The van der Waals surface area contributed by atoms with Crippen LogP contribution in [-0.4, -0.2) is 36.8 Å². The van der Waals surface area contributed by atoms with Gasteiger partial charge in [-0.15, -0.1) is 0 Å². The molecule has 0 saturated carbocycles. The molecule has 0 amide bonds. The summed E-state index contributed by atoms with van der Waals surface area (Å²) < 4.78 is 5.20. The lowest BCUT2D eigenvalue weighted by molar-refractivity contribution is 0.0697. The first-order valence-corrected chi connectivity index (χ1v) is 10.9. The van der Waals surface area contributed by atoms with Crippen molar-refractivity contribution in [2.75, 3.05) is 30.9 Å². The van der Waals surface area contributed by atoms with Crippen LogP contribution in [0, 0.1) is 0 Å². The maximum absolute atomic E-state index is 11.5. The number of pyridine rings is 1. The number of aryl methyl sites for hydroxylation is 1. The Balaban J connectivity index is 1.49. The van der Waals surface area contributed by atoms with Crippen molar-refractivity contribution in [3.8, 4) is 0 Å². The number of ether oxygens (including phenoxy) is 1. The number of carboxylic acid groups (broad SMARTS) is 1. The molecule has 0 saturated heterocycles. The zero-order valence-electron chi connectivity index (χ0n) is 18.5. The van der Waals surface area contributed by atoms with E-state index >= 15 is 0 Å². The van der Waals surface area contributed by atoms with E-state index in [4.69, 9.17) is 4.74 Å². The van der Waals surface area contributed by atoms with Gasteiger partial charge in [-0.1, -0.05) is 18.2 Å². The maximum atomic E-state index is 11.5. The van der Waals surface area contributed by atoms with Crippen molar-refractivity contribution in [3.05, 3.63) is 83.2 Å². The van der Waals surface area contributed by atoms with Crippen LogP contribution in [0.1, 0.15) is 45.8 Å². The Bertz CT molecular complexity index is 1080. The summed E-state index contributed by atoms with van der Waals surface area (Å²) in [4.78, 5) is 17.7. The topological polar surface area (TPSA) is 74.7 Å². The number of anilines is 3. The first kappa shape index (κ1) is 21.8. The molecule has 0 bridgehead atoms. The zero-order valence-corrected chi connectivity index (χ0v) is 18.5. The number of nitrogens with zero attached hydrogens (tertiary/aromatic N) is 2. The van der Waals surface area contributed by atoms with Gasteiger partial charge in [0.1, 0.15) is 0 Å². The SMILES string of the molecule is COCc1ccc(N(C)c2ccc3c(c2)CCC[C@H]3CNc2cnccc2C(=O)O)cc1. The van der Waals surface area contributed by atoms with Gasteiger partial charge in [0.05, 0.1) is 24.1 Å². The molecule has 166 valence electrons. The van der Waals surface area contributed by atoms with E-state index in [1.54, 1.807) is 13.3 Å². The van der Waals surface area contributed by atoms with Crippen LogP contribution in [0.5, 0.6) is 0 Å². The van der Waals surface area contributed by atoms with Gasteiger partial charge in [0, 0.05) is 44.2 Å². The van der Waals surface area contributed by atoms with E-state index in [2.05, 4.69) is 64.7 Å². The summed E-state index contributed by atoms with van der Waals surface area (Å²) >= 11 is 0. The Labute approximate surface area is 188 Å². The van der Waals surface area contributed by atoms with Crippen molar-refractivity contribution < 1.29 is 14.6 Å². The number of carboxylic acids is 1. The van der Waals surface area contributed by atoms with Crippen LogP contribution in [0.25, 0.3) is 0 Å². The third kappa shape index (κ3) is 4.75. The molecular weight excluding hydrogens is 402 g/mol. The fraction of sp³-hybridized carbons (Fsp3) is 0.308. The summed E-state index contributed by atoms with van der Waals surface area (Å²) in [6.07, 6.45) is 6.36. The number of methoxy groups -OCH3 is 1. The van der Waals surface area contributed by atoms with Crippen LogP contribution >= 0.6 is 0 Å². The first-order chi connectivity index (χ1) is 15.6. The van der Waals surface area contributed by atoms with E-state index in [-0.39, 0.29) is 5.56 Å². The van der Waals surface area contributed by atoms with E-state index in [1.165, 1.54) is 23.4 Å². The molecule has 6 heteroatoms. The number of aromatic carboxylic acids is 1. The lowest BCUT2D eigenvalue weighted by Gasteiger charge is -2.28. The molecule has 2 aromatic carbocycles. The summed E-state index contributed by atoms with van der Waals surface area (Å²) in [6.45, 7) is 1.31. The molecule has 0 radical (unpaired) electrons. The predicted octanol–water partition coefficient (Wildman–Crippen LogP) is 5.23. The quantitative estimate of drug-likeness (QED) is 0.509. The highest BCUT2D eigenvalue weighted by atomic mass is 16.5. The molecule has 32 heavy (non-hydrogen) atoms. The van der Waals surface area contributed by atoms with Gasteiger partial charge in [-0.25, -0.2) is 4.79 Å². The molecule has 1 heterocycles. The Morgan fingerprint density at radius 2 is 1.97 bits per heavy atom. The summed E-state index contributed by atoms with van der Waals surface area (Å²) in [5, 5.41) is 12.7. The minimum Gasteiger partial charge on any atom is -0.478 e. The maximum Gasteiger partial charge on any atom is 0.337 e. The monoisotopic (exact) mass is 431 g/mol. The molecule has 0 aliphatic heterocycles. The second kappa shape index (κ2) is 9.83. The van der Waals surface area contributed by atoms with E-state index in [9.17, 15) is 9.90 Å². The van der Waals surface area contributed by atoms with E-state index < -0.39 is 5.97 Å². The van der Waals surface area contributed by atoms with E-state index in [1.807, 2.05) is 0 Å². The van der Waals surface area contributed by atoms with Gasteiger partial charge < -0.3 is 20.1 Å². The van der Waals surface area contributed by atoms with Gasteiger partial charge in [0.25, 0.3) is 0 Å². The van der Waals surface area contributed by atoms with Crippen LogP contribution in [0.3, 0.4) is 0 Å². The molecule has 3 aromatic rings. The number of hydrogen-bond donors (Lipinski definition) is 2. The number of hydrogen-bond acceptors (Lipinski definition) is 5. The van der Waals surface area contributed by atoms with Gasteiger partial charge in [0.2, 0.25) is 0 Å². The average Bonchev–Trinajstić information content (AvgIpc) is 2.82. The Morgan fingerprint density at radius 1 is 1.19 bits per heavy atom. The highest BCUT2D eigenvalue weighted by Crippen LogP contribution is 2.35. The molecular formula is C26H29N3O3. The van der Waals surface area contributed by atoms with Crippen LogP contribution in [-0.2, 0) is 17.8 Å². The Hall–Kier alpha value is -3.38. The number of fused-ring (bicyclic) bond motifs is 1. The molecule has 0 fully saturated rings. The van der Waals surface area contributed by atoms with Gasteiger partial charge in [-0.05, 0) is 66.3 Å². The van der Waals surface area contributed by atoms with Crippen LogP contribution in [0.4, 0.5) is 17.1 Å². The second-order valence-corrected chi connectivity index (χ2v) is 8.24.